The standard InChI is InChI=1S/C14H28N2O/c1-3-14(12-17)5-4-8-16(11-14)10-13(2)6-7-15-9-13/h15,17H,3-12H2,1-2H3. The summed E-state index contributed by atoms with van der Waals surface area (Å²) in [5.74, 6) is 0. The van der Waals surface area contributed by atoms with E-state index in [1.54, 1.807) is 0 Å². The van der Waals surface area contributed by atoms with Gasteiger partial charge in [-0.2, -0.15) is 0 Å². The lowest BCUT2D eigenvalue weighted by Crippen LogP contribution is -2.48. The molecule has 2 atom stereocenters. The van der Waals surface area contributed by atoms with Crippen LogP contribution >= 0.6 is 0 Å². The third-order valence-electron chi connectivity index (χ3n) is 4.89. The number of likely N-dealkylation sites (tertiary alicyclic amines) is 1. The van der Waals surface area contributed by atoms with E-state index in [2.05, 4.69) is 24.1 Å². The molecule has 2 saturated heterocycles. The molecule has 3 nitrogen and oxygen atoms in total. The maximum atomic E-state index is 9.65. The third kappa shape index (κ3) is 3.01. The average Bonchev–Trinajstić information content (AvgIpc) is 2.76. The first-order valence-electron chi connectivity index (χ1n) is 7.15. The Morgan fingerprint density at radius 3 is 2.76 bits per heavy atom. The van der Waals surface area contributed by atoms with E-state index in [-0.39, 0.29) is 5.41 Å². The van der Waals surface area contributed by atoms with Gasteiger partial charge < -0.3 is 15.3 Å². The van der Waals surface area contributed by atoms with Crippen LogP contribution in [0.5, 0.6) is 0 Å². The van der Waals surface area contributed by atoms with Gasteiger partial charge in [0.25, 0.3) is 0 Å². The second-order valence-corrected chi connectivity index (χ2v) is 6.56. The van der Waals surface area contributed by atoms with Gasteiger partial charge >= 0.3 is 0 Å². The maximum absolute atomic E-state index is 9.65. The summed E-state index contributed by atoms with van der Waals surface area (Å²) in [4.78, 5) is 2.59. The highest BCUT2D eigenvalue weighted by Crippen LogP contribution is 2.35. The van der Waals surface area contributed by atoms with Crippen LogP contribution < -0.4 is 5.32 Å². The first kappa shape index (κ1) is 13.3. The second-order valence-electron chi connectivity index (χ2n) is 6.56. The van der Waals surface area contributed by atoms with Crippen molar-refractivity contribution < 1.29 is 5.11 Å². The molecule has 100 valence electrons. The predicted molar refractivity (Wildman–Crippen MR) is 71.1 cm³/mol. The third-order valence-corrected chi connectivity index (χ3v) is 4.89. The summed E-state index contributed by atoms with van der Waals surface area (Å²) < 4.78 is 0. The Morgan fingerprint density at radius 2 is 2.18 bits per heavy atom. The van der Waals surface area contributed by atoms with Gasteiger partial charge in [0, 0.05) is 31.7 Å². The molecule has 3 heteroatoms. The number of aliphatic hydroxyl groups excluding tert-OH is 1. The number of nitrogens with zero attached hydrogens (tertiary/aromatic N) is 1. The van der Waals surface area contributed by atoms with Crippen LogP contribution in [0, 0.1) is 10.8 Å². The number of aliphatic hydroxyl groups is 1. The molecule has 2 aliphatic rings. The molecule has 0 aromatic rings. The highest BCUT2D eigenvalue weighted by molar-refractivity contribution is 4.91. The molecule has 2 rings (SSSR count). The van der Waals surface area contributed by atoms with Crippen molar-refractivity contribution in [1.29, 1.82) is 0 Å². The van der Waals surface area contributed by atoms with Crippen LogP contribution in [0.4, 0.5) is 0 Å². The Kier molecular flexibility index (Phi) is 4.11. The molecule has 0 spiro atoms. The van der Waals surface area contributed by atoms with Crippen LogP contribution in [0.15, 0.2) is 0 Å². The van der Waals surface area contributed by atoms with E-state index >= 15 is 0 Å². The lowest BCUT2D eigenvalue weighted by Gasteiger charge is -2.44. The van der Waals surface area contributed by atoms with Gasteiger partial charge in [0.15, 0.2) is 0 Å². The molecule has 2 fully saturated rings. The SMILES string of the molecule is CCC1(CO)CCCN(CC2(C)CCNC2)C1. The van der Waals surface area contributed by atoms with Gasteiger partial charge in [-0.3, -0.25) is 0 Å². The normalized spacial score (nSPS) is 39.7. The Hall–Kier alpha value is -0.120. The molecular weight excluding hydrogens is 212 g/mol. The number of piperidine rings is 1. The summed E-state index contributed by atoms with van der Waals surface area (Å²) in [7, 11) is 0. The highest BCUT2D eigenvalue weighted by atomic mass is 16.3. The number of rotatable bonds is 4. The highest BCUT2D eigenvalue weighted by Gasteiger charge is 2.37. The predicted octanol–water partition coefficient (Wildman–Crippen LogP) is 1.47. The van der Waals surface area contributed by atoms with E-state index in [0.29, 0.717) is 12.0 Å². The second kappa shape index (κ2) is 5.25. The largest absolute Gasteiger partial charge is 0.396 e. The van der Waals surface area contributed by atoms with Crippen LogP contribution in [0.25, 0.3) is 0 Å². The number of hydrogen-bond acceptors (Lipinski definition) is 3. The van der Waals surface area contributed by atoms with Gasteiger partial charge in [-0.1, -0.05) is 13.8 Å². The molecule has 0 aromatic carbocycles. The molecule has 0 aliphatic carbocycles. The van der Waals surface area contributed by atoms with Crippen molar-refractivity contribution in [2.24, 2.45) is 10.8 Å². The van der Waals surface area contributed by atoms with Crippen LogP contribution in [0.2, 0.25) is 0 Å². The quantitative estimate of drug-likeness (QED) is 0.781. The van der Waals surface area contributed by atoms with Crippen molar-refractivity contribution in [2.45, 2.75) is 39.5 Å². The average molecular weight is 240 g/mol. The molecule has 2 N–H and O–H groups in total. The molecule has 17 heavy (non-hydrogen) atoms. The first-order valence-corrected chi connectivity index (χ1v) is 7.15. The van der Waals surface area contributed by atoms with Crippen molar-refractivity contribution in [3.05, 3.63) is 0 Å². The summed E-state index contributed by atoms with van der Waals surface area (Å²) in [5, 5.41) is 13.1. The monoisotopic (exact) mass is 240 g/mol. The molecule has 2 heterocycles. The van der Waals surface area contributed by atoms with Crippen molar-refractivity contribution in [3.63, 3.8) is 0 Å². The fourth-order valence-electron chi connectivity index (χ4n) is 3.52. The maximum Gasteiger partial charge on any atom is 0.0499 e. The zero-order chi connectivity index (χ0) is 12.4. The zero-order valence-corrected chi connectivity index (χ0v) is 11.5. The summed E-state index contributed by atoms with van der Waals surface area (Å²) in [5.41, 5.74) is 0.632. The summed E-state index contributed by atoms with van der Waals surface area (Å²) >= 11 is 0. The van der Waals surface area contributed by atoms with E-state index in [9.17, 15) is 5.11 Å². The van der Waals surface area contributed by atoms with Crippen LogP contribution in [-0.2, 0) is 0 Å². The van der Waals surface area contributed by atoms with Crippen LogP contribution in [-0.4, -0.2) is 49.3 Å². The molecule has 0 aromatic heterocycles. The lowest BCUT2D eigenvalue weighted by atomic mass is 9.77. The van der Waals surface area contributed by atoms with Gasteiger partial charge in [-0.15, -0.1) is 0 Å². The van der Waals surface area contributed by atoms with E-state index in [1.807, 2.05) is 0 Å². The van der Waals surface area contributed by atoms with Gasteiger partial charge in [0.2, 0.25) is 0 Å². The minimum Gasteiger partial charge on any atom is -0.396 e. The van der Waals surface area contributed by atoms with Gasteiger partial charge in [-0.25, -0.2) is 0 Å². The fraction of sp³-hybridized carbons (Fsp3) is 1.00. The first-order chi connectivity index (χ1) is 8.11. The van der Waals surface area contributed by atoms with Gasteiger partial charge in [0.05, 0.1) is 0 Å². The Morgan fingerprint density at radius 1 is 1.35 bits per heavy atom. The van der Waals surface area contributed by atoms with Gasteiger partial charge in [0.1, 0.15) is 0 Å². The fourth-order valence-corrected chi connectivity index (χ4v) is 3.52. The number of nitrogens with one attached hydrogen (secondary N) is 1. The van der Waals surface area contributed by atoms with Crippen molar-refractivity contribution >= 4 is 0 Å². The summed E-state index contributed by atoms with van der Waals surface area (Å²) in [6.07, 6.45) is 4.85. The smallest absolute Gasteiger partial charge is 0.0499 e. The molecular formula is C14H28N2O. The topological polar surface area (TPSA) is 35.5 Å². The van der Waals surface area contributed by atoms with E-state index < -0.39 is 0 Å². The zero-order valence-electron chi connectivity index (χ0n) is 11.5. The van der Waals surface area contributed by atoms with E-state index in [1.165, 1.54) is 38.9 Å². The van der Waals surface area contributed by atoms with Crippen molar-refractivity contribution in [3.8, 4) is 0 Å². The molecule has 2 unspecified atom stereocenters. The van der Waals surface area contributed by atoms with Crippen molar-refractivity contribution in [2.75, 3.05) is 39.3 Å². The summed E-state index contributed by atoms with van der Waals surface area (Å²) in [6, 6.07) is 0. The minimum atomic E-state index is 0.181. The van der Waals surface area contributed by atoms with Gasteiger partial charge in [-0.05, 0) is 44.2 Å². The summed E-state index contributed by atoms with van der Waals surface area (Å²) in [6.45, 7) is 10.8. The molecule has 0 saturated carbocycles. The molecule has 0 bridgehead atoms. The Bertz CT molecular complexity index is 243. The minimum absolute atomic E-state index is 0.181. The van der Waals surface area contributed by atoms with Crippen molar-refractivity contribution in [1.82, 2.24) is 10.2 Å². The van der Waals surface area contributed by atoms with Crippen LogP contribution in [0.3, 0.4) is 0 Å². The number of hydrogen-bond donors (Lipinski definition) is 2. The Balaban J connectivity index is 1.93. The van der Waals surface area contributed by atoms with Crippen LogP contribution in [0.1, 0.15) is 39.5 Å². The molecule has 0 amide bonds. The molecule has 0 radical (unpaired) electrons. The van der Waals surface area contributed by atoms with E-state index in [0.717, 1.165) is 19.5 Å². The molecule has 2 aliphatic heterocycles. The lowest BCUT2D eigenvalue weighted by molar-refractivity contribution is 0.0142. The Labute approximate surface area is 106 Å². The van der Waals surface area contributed by atoms with E-state index in [4.69, 9.17) is 0 Å².